The van der Waals surface area contributed by atoms with Crippen LogP contribution in [0.15, 0.2) is 18.2 Å². The third-order valence-corrected chi connectivity index (χ3v) is 3.02. The van der Waals surface area contributed by atoms with Crippen molar-refractivity contribution in [3.63, 3.8) is 0 Å². The lowest BCUT2D eigenvalue weighted by Crippen LogP contribution is -2.35. The zero-order valence-corrected chi connectivity index (χ0v) is 10.3. The van der Waals surface area contributed by atoms with Crippen LogP contribution in [0.4, 0.5) is 0 Å². The number of rotatable bonds is 4. The standard InChI is InChI=1S/C13H19NO3/c1-9(8-15)14-12-5-6-17-13-4-3-10(16-2)7-11(12)13/h3-4,7,9,12,14-15H,5-6,8H2,1-2H3/t9-,12?/m1/s1. The van der Waals surface area contributed by atoms with Gasteiger partial charge in [0, 0.05) is 24.1 Å². The van der Waals surface area contributed by atoms with Crippen LogP contribution in [0.1, 0.15) is 24.9 Å². The first-order valence-corrected chi connectivity index (χ1v) is 5.92. The van der Waals surface area contributed by atoms with Gasteiger partial charge in [0.1, 0.15) is 11.5 Å². The Morgan fingerprint density at radius 1 is 1.59 bits per heavy atom. The second-order valence-electron chi connectivity index (χ2n) is 4.34. The summed E-state index contributed by atoms with van der Waals surface area (Å²) in [6.45, 7) is 2.81. The van der Waals surface area contributed by atoms with Gasteiger partial charge in [-0.3, -0.25) is 0 Å². The molecule has 1 aliphatic rings. The highest BCUT2D eigenvalue weighted by Gasteiger charge is 2.23. The first-order valence-electron chi connectivity index (χ1n) is 5.92. The quantitative estimate of drug-likeness (QED) is 0.833. The summed E-state index contributed by atoms with van der Waals surface area (Å²) in [5.74, 6) is 1.73. The van der Waals surface area contributed by atoms with Crippen molar-refractivity contribution in [2.45, 2.75) is 25.4 Å². The van der Waals surface area contributed by atoms with Crippen molar-refractivity contribution in [3.8, 4) is 11.5 Å². The minimum atomic E-state index is 0.0807. The average Bonchev–Trinajstić information content (AvgIpc) is 2.38. The van der Waals surface area contributed by atoms with E-state index in [1.807, 2.05) is 25.1 Å². The molecule has 1 aliphatic heterocycles. The van der Waals surface area contributed by atoms with Crippen LogP contribution in [0.3, 0.4) is 0 Å². The molecule has 0 bridgehead atoms. The Morgan fingerprint density at radius 2 is 2.41 bits per heavy atom. The van der Waals surface area contributed by atoms with Crippen LogP contribution in [-0.4, -0.2) is 31.5 Å². The smallest absolute Gasteiger partial charge is 0.124 e. The van der Waals surface area contributed by atoms with Crippen LogP contribution >= 0.6 is 0 Å². The maximum Gasteiger partial charge on any atom is 0.124 e. The van der Waals surface area contributed by atoms with E-state index >= 15 is 0 Å². The molecule has 0 radical (unpaired) electrons. The number of aliphatic hydroxyl groups is 1. The fourth-order valence-electron chi connectivity index (χ4n) is 2.07. The minimum Gasteiger partial charge on any atom is -0.497 e. The number of aliphatic hydroxyl groups excluding tert-OH is 1. The Labute approximate surface area is 102 Å². The largest absolute Gasteiger partial charge is 0.497 e. The fraction of sp³-hybridized carbons (Fsp3) is 0.538. The summed E-state index contributed by atoms with van der Waals surface area (Å²) in [6, 6.07) is 6.13. The van der Waals surface area contributed by atoms with Gasteiger partial charge < -0.3 is 19.9 Å². The number of fused-ring (bicyclic) bond motifs is 1. The Morgan fingerprint density at radius 3 is 3.12 bits per heavy atom. The predicted octanol–water partition coefficient (Wildman–Crippen LogP) is 1.49. The number of hydrogen-bond donors (Lipinski definition) is 2. The molecule has 0 amide bonds. The predicted molar refractivity (Wildman–Crippen MR) is 65.5 cm³/mol. The van der Waals surface area contributed by atoms with Crippen LogP contribution in [0.5, 0.6) is 11.5 Å². The lowest BCUT2D eigenvalue weighted by atomic mass is 9.99. The second kappa shape index (κ2) is 5.38. The molecule has 0 saturated heterocycles. The summed E-state index contributed by atoms with van der Waals surface area (Å²) in [5, 5.41) is 12.5. The van der Waals surface area contributed by atoms with Crippen molar-refractivity contribution >= 4 is 0 Å². The van der Waals surface area contributed by atoms with Crippen LogP contribution in [0.25, 0.3) is 0 Å². The van der Waals surface area contributed by atoms with E-state index in [0.29, 0.717) is 6.61 Å². The molecular formula is C13H19NO3. The Bertz CT molecular complexity index is 381. The highest BCUT2D eigenvalue weighted by atomic mass is 16.5. The normalized spacial score (nSPS) is 20.3. The van der Waals surface area contributed by atoms with Gasteiger partial charge in [0.25, 0.3) is 0 Å². The van der Waals surface area contributed by atoms with E-state index in [1.54, 1.807) is 7.11 Å². The molecule has 0 spiro atoms. The van der Waals surface area contributed by atoms with Crippen molar-refractivity contribution in [2.24, 2.45) is 0 Å². The third kappa shape index (κ3) is 2.70. The summed E-state index contributed by atoms with van der Waals surface area (Å²) in [4.78, 5) is 0. The highest BCUT2D eigenvalue weighted by Crippen LogP contribution is 2.34. The molecule has 0 fully saturated rings. The third-order valence-electron chi connectivity index (χ3n) is 3.02. The Hall–Kier alpha value is -1.26. The zero-order chi connectivity index (χ0) is 12.3. The number of hydrogen-bond acceptors (Lipinski definition) is 4. The van der Waals surface area contributed by atoms with Crippen molar-refractivity contribution in [1.82, 2.24) is 5.32 Å². The summed E-state index contributed by atoms with van der Waals surface area (Å²) in [6.07, 6.45) is 0.907. The van der Waals surface area contributed by atoms with E-state index in [9.17, 15) is 0 Å². The number of nitrogens with one attached hydrogen (secondary N) is 1. The molecule has 0 aliphatic carbocycles. The lowest BCUT2D eigenvalue weighted by molar-refractivity contribution is 0.209. The Kier molecular flexibility index (Phi) is 3.86. The molecule has 2 N–H and O–H groups in total. The van der Waals surface area contributed by atoms with Crippen LogP contribution in [0.2, 0.25) is 0 Å². The van der Waals surface area contributed by atoms with Gasteiger partial charge in [0.15, 0.2) is 0 Å². The van der Waals surface area contributed by atoms with Gasteiger partial charge in [-0.25, -0.2) is 0 Å². The van der Waals surface area contributed by atoms with Crippen LogP contribution in [0, 0.1) is 0 Å². The van der Waals surface area contributed by atoms with Gasteiger partial charge in [-0.2, -0.15) is 0 Å². The summed E-state index contributed by atoms with van der Waals surface area (Å²) in [5.41, 5.74) is 1.11. The first-order chi connectivity index (χ1) is 8.24. The maximum absolute atomic E-state index is 9.10. The summed E-state index contributed by atoms with van der Waals surface area (Å²) in [7, 11) is 1.66. The van der Waals surface area contributed by atoms with Crippen molar-refractivity contribution in [2.75, 3.05) is 20.3 Å². The van der Waals surface area contributed by atoms with Gasteiger partial charge in [-0.15, -0.1) is 0 Å². The van der Waals surface area contributed by atoms with Gasteiger partial charge in [-0.1, -0.05) is 0 Å². The van der Waals surface area contributed by atoms with Gasteiger partial charge in [-0.05, 0) is 25.1 Å². The van der Waals surface area contributed by atoms with Crippen molar-refractivity contribution in [1.29, 1.82) is 0 Å². The molecule has 4 heteroatoms. The van der Waals surface area contributed by atoms with Crippen LogP contribution < -0.4 is 14.8 Å². The monoisotopic (exact) mass is 237 g/mol. The highest BCUT2D eigenvalue weighted by molar-refractivity contribution is 5.43. The molecule has 1 unspecified atom stereocenters. The summed E-state index contributed by atoms with van der Waals surface area (Å²) >= 11 is 0. The minimum absolute atomic E-state index is 0.0807. The average molecular weight is 237 g/mol. The molecule has 1 heterocycles. The van der Waals surface area contributed by atoms with Crippen LogP contribution in [-0.2, 0) is 0 Å². The molecule has 2 atom stereocenters. The fourth-order valence-corrected chi connectivity index (χ4v) is 2.07. The number of benzene rings is 1. The van der Waals surface area contributed by atoms with E-state index in [1.165, 1.54) is 0 Å². The van der Waals surface area contributed by atoms with E-state index in [2.05, 4.69) is 5.32 Å². The van der Waals surface area contributed by atoms with Gasteiger partial charge in [0.2, 0.25) is 0 Å². The van der Waals surface area contributed by atoms with Crippen molar-refractivity contribution in [3.05, 3.63) is 23.8 Å². The molecule has 0 aromatic heterocycles. The van der Waals surface area contributed by atoms with Crippen molar-refractivity contribution < 1.29 is 14.6 Å². The van der Waals surface area contributed by atoms with E-state index in [4.69, 9.17) is 14.6 Å². The molecule has 1 aromatic rings. The molecular weight excluding hydrogens is 218 g/mol. The van der Waals surface area contributed by atoms with E-state index < -0.39 is 0 Å². The molecule has 4 nitrogen and oxygen atoms in total. The maximum atomic E-state index is 9.10. The van der Waals surface area contributed by atoms with Gasteiger partial charge >= 0.3 is 0 Å². The summed E-state index contributed by atoms with van der Waals surface area (Å²) < 4.78 is 10.8. The molecule has 1 aromatic carbocycles. The first kappa shape index (κ1) is 12.2. The molecule has 17 heavy (non-hydrogen) atoms. The van der Waals surface area contributed by atoms with E-state index in [0.717, 1.165) is 23.5 Å². The Balaban J connectivity index is 2.22. The zero-order valence-electron chi connectivity index (χ0n) is 10.3. The molecule has 0 saturated carbocycles. The molecule has 94 valence electrons. The lowest BCUT2D eigenvalue weighted by Gasteiger charge is -2.29. The van der Waals surface area contributed by atoms with E-state index in [-0.39, 0.29) is 18.7 Å². The SMILES string of the molecule is COc1ccc2c(c1)C(N[C@H](C)CO)CCO2. The van der Waals surface area contributed by atoms with Gasteiger partial charge in [0.05, 0.1) is 20.3 Å². The number of methoxy groups -OCH3 is 1. The topological polar surface area (TPSA) is 50.7 Å². The second-order valence-corrected chi connectivity index (χ2v) is 4.34. The molecule has 2 rings (SSSR count). The number of ether oxygens (including phenoxy) is 2.